The molecule has 0 saturated heterocycles. The molecule has 194 valence electrons. The second-order valence-corrected chi connectivity index (χ2v) is 11.0. The molecule has 0 aliphatic heterocycles. The molecule has 6 nitrogen and oxygen atoms in total. The van der Waals surface area contributed by atoms with Crippen molar-refractivity contribution in [3.05, 3.63) is 95.1 Å². The zero-order valence-corrected chi connectivity index (χ0v) is 19.7. The number of sulfonamides is 2. The van der Waals surface area contributed by atoms with Crippen LogP contribution in [0.4, 0.5) is 26.3 Å². The average molecular weight is 553 g/mol. The van der Waals surface area contributed by atoms with Crippen molar-refractivity contribution in [1.82, 2.24) is 9.44 Å². The van der Waals surface area contributed by atoms with Crippen molar-refractivity contribution in [2.45, 2.75) is 35.2 Å². The Morgan fingerprint density at radius 3 is 1.19 bits per heavy atom. The predicted octanol–water partition coefficient (Wildman–Crippen LogP) is 4.68. The molecular weight excluding hydrogens is 534 g/mol. The number of rotatable bonds is 8. The summed E-state index contributed by atoms with van der Waals surface area (Å²) in [6.45, 7) is -0.467. The predicted molar refractivity (Wildman–Crippen MR) is 117 cm³/mol. The molecule has 0 fully saturated rings. The quantitative estimate of drug-likeness (QED) is 0.397. The van der Waals surface area contributed by atoms with Crippen LogP contribution in [0.25, 0.3) is 0 Å². The molecule has 3 rings (SSSR count). The van der Waals surface area contributed by atoms with Crippen molar-refractivity contribution in [3.8, 4) is 0 Å². The summed E-state index contributed by atoms with van der Waals surface area (Å²) in [5, 5.41) is 0. The molecule has 0 unspecified atom stereocenters. The Kier molecular flexibility index (Phi) is 7.83. The van der Waals surface area contributed by atoms with Crippen molar-refractivity contribution in [3.63, 3.8) is 0 Å². The summed E-state index contributed by atoms with van der Waals surface area (Å²) in [5.41, 5.74) is -1.13. The minimum atomic E-state index is -4.61. The Morgan fingerprint density at radius 2 is 0.889 bits per heavy atom. The highest BCUT2D eigenvalue weighted by atomic mass is 32.2. The second kappa shape index (κ2) is 10.2. The standard InChI is InChI=1S/C22H18F6N2O4S2/c23-21(24,25)17-4-8-19(9-5-17)35(31,32)29-13-15-2-1-3-16(12-15)14-30-36(33,34)20-10-6-18(7-11-20)22(26,27)28/h1-12,29-30H,13-14H2. The SMILES string of the molecule is O=S(=O)(NCc1cccc(CNS(=O)(=O)c2ccc(C(F)(F)F)cc2)c1)c1ccc(C(F)(F)F)cc1. The topological polar surface area (TPSA) is 92.3 Å². The summed E-state index contributed by atoms with van der Waals surface area (Å²) in [6.07, 6.45) is -9.21. The zero-order valence-electron chi connectivity index (χ0n) is 18.1. The second-order valence-electron chi connectivity index (χ2n) is 7.51. The lowest BCUT2D eigenvalue weighted by Gasteiger charge is -2.11. The van der Waals surface area contributed by atoms with Crippen molar-refractivity contribution < 1.29 is 43.2 Å². The Balaban J connectivity index is 1.64. The molecule has 3 aromatic rings. The molecule has 14 heteroatoms. The van der Waals surface area contributed by atoms with Crippen LogP contribution in [0.1, 0.15) is 22.3 Å². The van der Waals surface area contributed by atoms with Crippen LogP contribution in [0.5, 0.6) is 0 Å². The molecule has 36 heavy (non-hydrogen) atoms. The zero-order chi connectivity index (χ0) is 26.8. The first kappa shape index (κ1) is 27.6. The van der Waals surface area contributed by atoms with Crippen LogP contribution in [0.2, 0.25) is 0 Å². The van der Waals surface area contributed by atoms with Gasteiger partial charge in [-0.2, -0.15) is 26.3 Å². The van der Waals surface area contributed by atoms with Crippen molar-refractivity contribution in [1.29, 1.82) is 0 Å². The first-order chi connectivity index (χ1) is 16.6. The van der Waals surface area contributed by atoms with Crippen molar-refractivity contribution in [2.24, 2.45) is 0 Å². The number of hydrogen-bond acceptors (Lipinski definition) is 4. The van der Waals surface area contributed by atoms with Crippen LogP contribution in [-0.2, 0) is 45.5 Å². The smallest absolute Gasteiger partial charge is 0.207 e. The maximum Gasteiger partial charge on any atom is 0.416 e. The maximum atomic E-state index is 12.7. The van der Waals surface area contributed by atoms with Gasteiger partial charge in [0.05, 0.1) is 20.9 Å². The molecule has 0 spiro atoms. The van der Waals surface area contributed by atoms with Crippen LogP contribution in [-0.4, -0.2) is 16.8 Å². The molecule has 0 radical (unpaired) electrons. The van der Waals surface area contributed by atoms with Crippen LogP contribution in [0.3, 0.4) is 0 Å². The summed E-state index contributed by atoms with van der Waals surface area (Å²) in [5.74, 6) is 0. The fourth-order valence-corrected chi connectivity index (χ4v) is 5.05. The van der Waals surface area contributed by atoms with E-state index in [9.17, 15) is 43.2 Å². The lowest BCUT2D eigenvalue weighted by Crippen LogP contribution is -2.24. The Labute approximate surface area is 203 Å². The van der Waals surface area contributed by atoms with E-state index < -0.39 is 43.5 Å². The number of nitrogens with one attached hydrogen (secondary N) is 2. The Hall–Kier alpha value is -2.94. The highest BCUT2D eigenvalue weighted by Crippen LogP contribution is 2.30. The summed E-state index contributed by atoms with van der Waals surface area (Å²) in [7, 11) is -8.26. The Morgan fingerprint density at radius 1 is 0.556 bits per heavy atom. The minimum absolute atomic E-state index is 0.233. The normalized spacial score (nSPS) is 13.1. The number of halogens is 6. The molecule has 3 aromatic carbocycles. The summed E-state index contributed by atoms with van der Waals surface area (Å²) in [6, 6.07) is 12.0. The molecule has 2 N–H and O–H groups in total. The van der Waals surface area contributed by atoms with Crippen LogP contribution < -0.4 is 9.44 Å². The first-order valence-electron chi connectivity index (χ1n) is 10.00. The molecule has 0 amide bonds. The maximum absolute atomic E-state index is 12.7. The van der Waals surface area contributed by atoms with E-state index in [0.717, 1.165) is 24.3 Å². The molecular formula is C22H18F6N2O4S2. The van der Waals surface area contributed by atoms with E-state index in [1.165, 1.54) is 12.1 Å². The van der Waals surface area contributed by atoms with Gasteiger partial charge in [-0.25, -0.2) is 26.3 Å². The van der Waals surface area contributed by atoms with Gasteiger partial charge in [-0.15, -0.1) is 0 Å². The third-order valence-corrected chi connectivity index (χ3v) is 7.74. The number of benzene rings is 3. The van der Waals surface area contributed by atoms with E-state index in [4.69, 9.17) is 0 Å². The van der Waals surface area contributed by atoms with E-state index in [1.807, 2.05) is 0 Å². The van der Waals surface area contributed by atoms with Gasteiger partial charge in [0, 0.05) is 13.1 Å². The molecule has 0 atom stereocenters. The molecule has 0 bridgehead atoms. The van der Waals surface area contributed by atoms with E-state index in [-0.39, 0.29) is 22.9 Å². The first-order valence-corrected chi connectivity index (χ1v) is 13.0. The largest absolute Gasteiger partial charge is 0.416 e. The van der Waals surface area contributed by atoms with E-state index >= 15 is 0 Å². The Bertz CT molecular complexity index is 1310. The fourth-order valence-electron chi connectivity index (χ4n) is 3.02. The molecule has 0 heterocycles. The highest BCUT2D eigenvalue weighted by Gasteiger charge is 2.31. The van der Waals surface area contributed by atoms with Gasteiger partial charge in [0.1, 0.15) is 0 Å². The lowest BCUT2D eigenvalue weighted by molar-refractivity contribution is -0.138. The van der Waals surface area contributed by atoms with Gasteiger partial charge in [-0.1, -0.05) is 24.3 Å². The molecule has 0 saturated carbocycles. The number of alkyl halides is 6. The number of hydrogen-bond donors (Lipinski definition) is 2. The van der Waals surface area contributed by atoms with Gasteiger partial charge in [-0.05, 0) is 59.7 Å². The van der Waals surface area contributed by atoms with Gasteiger partial charge in [-0.3, -0.25) is 0 Å². The van der Waals surface area contributed by atoms with E-state index in [2.05, 4.69) is 9.44 Å². The molecule has 0 aromatic heterocycles. The van der Waals surface area contributed by atoms with Gasteiger partial charge < -0.3 is 0 Å². The lowest BCUT2D eigenvalue weighted by atomic mass is 10.1. The molecule has 0 aliphatic rings. The van der Waals surface area contributed by atoms with Crippen LogP contribution >= 0.6 is 0 Å². The summed E-state index contributed by atoms with van der Waals surface area (Å²) in [4.78, 5) is -0.730. The van der Waals surface area contributed by atoms with Crippen LogP contribution in [0, 0.1) is 0 Å². The van der Waals surface area contributed by atoms with Gasteiger partial charge in [0.25, 0.3) is 0 Å². The van der Waals surface area contributed by atoms with Gasteiger partial charge in [0.15, 0.2) is 0 Å². The molecule has 0 aliphatic carbocycles. The van der Waals surface area contributed by atoms with Gasteiger partial charge >= 0.3 is 12.4 Å². The fraction of sp³-hybridized carbons (Fsp3) is 0.182. The summed E-state index contributed by atoms with van der Waals surface area (Å²) >= 11 is 0. The van der Waals surface area contributed by atoms with Crippen molar-refractivity contribution in [2.75, 3.05) is 0 Å². The highest BCUT2D eigenvalue weighted by molar-refractivity contribution is 7.89. The van der Waals surface area contributed by atoms with Gasteiger partial charge in [0.2, 0.25) is 20.0 Å². The minimum Gasteiger partial charge on any atom is -0.207 e. The van der Waals surface area contributed by atoms with E-state index in [1.54, 1.807) is 12.1 Å². The van der Waals surface area contributed by atoms with Crippen molar-refractivity contribution >= 4 is 20.0 Å². The van der Waals surface area contributed by atoms with E-state index in [0.29, 0.717) is 35.4 Å². The average Bonchev–Trinajstić information content (AvgIpc) is 2.81. The third-order valence-electron chi connectivity index (χ3n) is 4.91. The summed E-state index contributed by atoms with van der Waals surface area (Å²) < 4.78 is 130. The van der Waals surface area contributed by atoms with Crippen LogP contribution in [0.15, 0.2) is 82.6 Å². The monoisotopic (exact) mass is 552 g/mol. The third kappa shape index (κ3) is 7.06.